The molecule has 0 bridgehead atoms. The Hall–Kier alpha value is -2.11. The van der Waals surface area contributed by atoms with Crippen LogP contribution in [0.1, 0.15) is 5.56 Å². The maximum absolute atomic E-state index is 13.1. The highest BCUT2D eigenvalue weighted by Gasteiger charge is 2.14. The molecule has 0 N–H and O–H groups in total. The number of rotatable bonds is 5. The number of aromatic nitrogens is 2. The number of para-hydroxylation sites is 2. The smallest absolute Gasteiger partial charge is 0.266 e. The van der Waals surface area contributed by atoms with E-state index in [2.05, 4.69) is 4.90 Å². The second-order valence-electron chi connectivity index (χ2n) is 5.99. The Balaban J connectivity index is 2.18. The van der Waals surface area contributed by atoms with E-state index >= 15 is 0 Å². The fraction of sp³-hybridized carbons (Fsp3) is 0.263. The molecule has 0 saturated heterocycles. The van der Waals surface area contributed by atoms with Gasteiger partial charge >= 0.3 is 0 Å². The number of nitrogens with zero attached hydrogens (tertiary/aromatic N) is 3. The molecule has 0 radical (unpaired) electrons. The van der Waals surface area contributed by atoms with Crippen LogP contribution in [0.3, 0.4) is 0 Å². The predicted octanol–water partition coefficient (Wildman–Crippen LogP) is 3.35. The SMILES string of the molecule is Cc1ccccc1-n1c(SCCN(C)C)nc2ccccc2c1=O. The molecule has 5 heteroatoms. The third kappa shape index (κ3) is 3.37. The van der Waals surface area contributed by atoms with Crippen molar-refractivity contribution in [3.63, 3.8) is 0 Å². The van der Waals surface area contributed by atoms with Gasteiger partial charge in [0, 0.05) is 12.3 Å². The summed E-state index contributed by atoms with van der Waals surface area (Å²) in [5, 5.41) is 1.40. The minimum atomic E-state index is -0.0118. The van der Waals surface area contributed by atoms with Crippen LogP contribution in [0.25, 0.3) is 16.6 Å². The third-order valence-electron chi connectivity index (χ3n) is 3.87. The summed E-state index contributed by atoms with van der Waals surface area (Å²) < 4.78 is 1.75. The summed E-state index contributed by atoms with van der Waals surface area (Å²) in [5.41, 5.74) is 2.70. The van der Waals surface area contributed by atoms with Crippen molar-refractivity contribution in [3.05, 3.63) is 64.4 Å². The van der Waals surface area contributed by atoms with Gasteiger partial charge < -0.3 is 4.90 Å². The lowest BCUT2D eigenvalue weighted by Gasteiger charge is -2.16. The maximum atomic E-state index is 13.1. The molecular weight excluding hydrogens is 318 g/mol. The molecule has 124 valence electrons. The summed E-state index contributed by atoms with van der Waals surface area (Å²) >= 11 is 1.62. The van der Waals surface area contributed by atoms with Crippen LogP contribution in [-0.2, 0) is 0 Å². The van der Waals surface area contributed by atoms with E-state index in [1.54, 1.807) is 16.3 Å². The lowest BCUT2D eigenvalue weighted by Crippen LogP contribution is -2.23. The van der Waals surface area contributed by atoms with Gasteiger partial charge in [0.05, 0.1) is 16.6 Å². The fourth-order valence-corrected chi connectivity index (χ4v) is 3.67. The topological polar surface area (TPSA) is 38.1 Å². The Bertz CT molecular complexity index is 918. The highest BCUT2D eigenvalue weighted by molar-refractivity contribution is 7.99. The van der Waals surface area contributed by atoms with Gasteiger partial charge in [-0.25, -0.2) is 4.98 Å². The number of hydrogen-bond donors (Lipinski definition) is 0. The molecule has 3 aromatic rings. The van der Waals surface area contributed by atoms with E-state index in [1.165, 1.54) is 0 Å². The summed E-state index contributed by atoms with van der Waals surface area (Å²) in [6, 6.07) is 15.5. The van der Waals surface area contributed by atoms with Crippen LogP contribution >= 0.6 is 11.8 Å². The van der Waals surface area contributed by atoms with E-state index in [1.807, 2.05) is 69.6 Å². The van der Waals surface area contributed by atoms with Gasteiger partial charge in [-0.1, -0.05) is 42.1 Å². The first kappa shape index (κ1) is 16.7. The van der Waals surface area contributed by atoms with Gasteiger partial charge in [-0.3, -0.25) is 9.36 Å². The monoisotopic (exact) mass is 339 g/mol. The highest BCUT2D eigenvalue weighted by Crippen LogP contribution is 2.22. The van der Waals surface area contributed by atoms with Gasteiger partial charge in [0.1, 0.15) is 0 Å². The van der Waals surface area contributed by atoms with Gasteiger partial charge in [-0.15, -0.1) is 0 Å². The molecule has 24 heavy (non-hydrogen) atoms. The van der Waals surface area contributed by atoms with Crippen molar-refractivity contribution in [3.8, 4) is 5.69 Å². The summed E-state index contributed by atoms with van der Waals surface area (Å²) in [6.45, 7) is 2.95. The zero-order chi connectivity index (χ0) is 17.1. The average Bonchev–Trinajstić information content (AvgIpc) is 2.56. The van der Waals surface area contributed by atoms with Crippen LogP contribution in [0.2, 0.25) is 0 Å². The zero-order valence-corrected chi connectivity index (χ0v) is 15.0. The molecule has 2 aromatic carbocycles. The fourth-order valence-electron chi connectivity index (χ4n) is 2.56. The second kappa shape index (κ2) is 7.20. The second-order valence-corrected chi connectivity index (χ2v) is 7.05. The number of thioether (sulfide) groups is 1. The molecule has 4 nitrogen and oxygen atoms in total. The van der Waals surface area contributed by atoms with Crippen LogP contribution in [-0.4, -0.2) is 40.8 Å². The minimum absolute atomic E-state index is 0.0118. The highest BCUT2D eigenvalue weighted by atomic mass is 32.2. The van der Waals surface area contributed by atoms with E-state index in [4.69, 9.17) is 4.98 Å². The quantitative estimate of drug-likeness (QED) is 0.528. The van der Waals surface area contributed by atoms with Crippen LogP contribution in [0.4, 0.5) is 0 Å². The molecule has 0 atom stereocenters. The molecule has 0 aliphatic heterocycles. The van der Waals surface area contributed by atoms with Gasteiger partial charge in [0.2, 0.25) is 0 Å². The van der Waals surface area contributed by atoms with Crippen LogP contribution < -0.4 is 5.56 Å². The van der Waals surface area contributed by atoms with Crippen molar-refractivity contribution in [1.29, 1.82) is 0 Å². The Kier molecular flexibility index (Phi) is 5.02. The van der Waals surface area contributed by atoms with Gasteiger partial charge in [0.25, 0.3) is 5.56 Å². The van der Waals surface area contributed by atoms with Crippen molar-refractivity contribution in [2.45, 2.75) is 12.1 Å². The molecule has 0 unspecified atom stereocenters. The molecule has 1 aromatic heterocycles. The normalized spacial score (nSPS) is 11.3. The molecule has 0 saturated carbocycles. The van der Waals surface area contributed by atoms with Crippen molar-refractivity contribution in [2.24, 2.45) is 0 Å². The number of aryl methyl sites for hydroxylation is 1. The Morgan fingerprint density at radius 1 is 1.08 bits per heavy atom. The standard InChI is InChI=1S/C19H21N3OS/c1-14-8-4-7-11-17(14)22-18(23)15-9-5-6-10-16(15)20-19(22)24-13-12-21(2)3/h4-11H,12-13H2,1-3H3. The van der Waals surface area contributed by atoms with Gasteiger partial charge in [0.15, 0.2) is 5.16 Å². The third-order valence-corrected chi connectivity index (χ3v) is 4.79. The van der Waals surface area contributed by atoms with E-state index in [-0.39, 0.29) is 5.56 Å². The first-order valence-corrected chi connectivity index (χ1v) is 8.92. The Morgan fingerprint density at radius 3 is 2.54 bits per heavy atom. The Labute approximate surface area is 146 Å². The summed E-state index contributed by atoms with van der Waals surface area (Å²) in [7, 11) is 4.09. The molecule has 0 aliphatic rings. The largest absolute Gasteiger partial charge is 0.309 e. The van der Waals surface area contributed by atoms with E-state index < -0.39 is 0 Å². The summed E-state index contributed by atoms with van der Waals surface area (Å²) in [5.74, 6) is 0.879. The number of benzene rings is 2. The molecule has 0 fully saturated rings. The van der Waals surface area contributed by atoms with Crippen molar-refractivity contribution in [2.75, 3.05) is 26.4 Å². The van der Waals surface area contributed by atoms with Crippen LogP contribution in [0.5, 0.6) is 0 Å². The first-order chi connectivity index (χ1) is 11.6. The number of fused-ring (bicyclic) bond motifs is 1. The summed E-state index contributed by atoms with van der Waals surface area (Å²) in [4.78, 5) is 20.0. The van der Waals surface area contributed by atoms with E-state index in [0.717, 1.165) is 34.2 Å². The lowest BCUT2D eigenvalue weighted by molar-refractivity contribution is 0.437. The van der Waals surface area contributed by atoms with Crippen molar-refractivity contribution in [1.82, 2.24) is 14.5 Å². The predicted molar refractivity (Wildman–Crippen MR) is 101 cm³/mol. The van der Waals surface area contributed by atoms with Gasteiger partial charge in [-0.2, -0.15) is 0 Å². The molecule has 0 amide bonds. The van der Waals surface area contributed by atoms with E-state index in [9.17, 15) is 4.79 Å². The zero-order valence-electron chi connectivity index (χ0n) is 14.2. The average molecular weight is 339 g/mol. The minimum Gasteiger partial charge on any atom is -0.309 e. The number of hydrogen-bond acceptors (Lipinski definition) is 4. The van der Waals surface area contributed by atoms with Crippen LogP contribution in [0.15, 0.2) is 58.5 Å². The molecule has 0 aliphatic carbocycles. The maximum Gasteiger partial charge on any atom is 0.266 e. The molecule has 1 heterocycles. The Morgan fingerprint density at radius 2 is 1.79 bits per heavy atom. The molecular formula is C19H21N3OS. The first-order valence-electron chi connectivity index (χ1n) is 7.93. The lowest BCUT2D eigenvalue weighted by atomic mass is 10.2. The summed E-state index contributed by atoms with van der Waals surface area (Å²) in [6.07, 6.45) is 0. The van der Waals surface area contributed by atoms with Gasteiger partial charge in [-0.05, 0) is 44.8 Å². The van der Waals surface area contributed by atoms with Crippen molar-refractivity contribution < 1.29 is 0 Å². The van der Waals surface area contributed by atoms with Crippen LogP contribution in [0, 0.1) is 6.92 Å². The van der Waals surface area contributed by atoms with E-state index in [0.29, 0.717) is 5.39 Å². The molecule has 3 rings (SSSR count). The molecule has 0 spiro atoms. The van der Waals surface area contributed by atoms with Crippen molar-refractivity contribution >= 4 is 22.7 Å².